The van der Waals surface area contributed by atoms with Crippen LogP contribution in [0.1, 0.15) is 12.1 Å². The summed E-state index contributed by atoms with van der Waals surface area (Å²) in [7, 11) is -2.82. The minimum absolute atomic E-state index is 0.248. The number of imidazole rings is 1. The van der Waals surface area contributed by atoms with Crippen LogP contribution in [0, 0.1) is 6.92 Å². The minimum atomic E-state index is -4.67. The molecule has 0 bridgehead atoms. The fraction of sp³-hybridized carbons (Fsp3) is 0.643. The van der Waals surface area contributed by atoms with Gasteiger partial charge in [-0.3, -0.25) is 13.7 Å². The number of likely N-dealkylation sites (N-methyl/N-ethyl adjacent to an activating group) is 1. The first-order chi connectivity index (χ1) is 13.9. The molecule has 30 heavy (non-hydrogen) atoms. The number of nitrogens with zero attached hydrogens (tertiary/aromatic N) is 5. The van der Waals surface area contributed by atoms with E-state index >= 15 is 0 Å². The number of hydrogen-bond donors (Lipinski definition) is 6. The smallest absolute Gasteiger partial charge is 0.387 e. The highest BCUT2D eigenvalue weighted by atomic mass is 32.3. The molecule has 0 aromatic carbocycles. The lowest BCUT2D eigenvalue weighted by Gasteiger charge is -2.22. The normalized spacial score (nSPS) is 24.3. The van der Waals surface area contributed by atoms with Crippen LogP contribution in [0.4, 0.5) is 5.82 Å². The molecule has 2 unspecified atom stereocenters. The Morgan fingerprint density at radius 3 is 2.53 bits per heavy atom. The summed E-state index contributed by atoms with van der Waals surface area (Å²) in [5.74, 6) is 5.83. The monoisotopic (exact) mass is 451 g/mol. The Bertz CT molecular complexity index is 947. The largest absolute Gasteiger partial charge is 0.394 e. The molecule has 1 saturated heterocycles. The van der Waals surface area contributed by atoms with Gasteiger partial charge in [-0.2, -0.15) is 8.42 Å². The molecule has 4 atom stereocenters. The molecule has 3 rings (SSSR count). The maximum absolute atomic E-state index is 10.5. The Balaban J connectivity index is 0.000000575. The Labute approximate surface area is 171 Å². The zero-order valence-electron chi connectivity index (χ0n) is 16.2. The first kappa shape index (κ1) is 24.3. The van der Waals surface area contributed by atoms with Crippen molar-refractivity contribution in [3.05, 3.63) is 12.2 Å². The molecule has 0 radical (unpaired) electrons. The summed E-state index contributed by atoms with van der Waals surface area (Å²) < 4.78 is 39.1. The molecule has 0 aliphatic carbocycles. The van der Waals surface area contributed by atoms with Gasteiger partial charge in [-0.15, -0.1) is 0 Å². The lowest BCUT2D eigenvalue weighted by Crippen LogP contribution is -2.39. The van der Waals surface area contributed by atoms with Crippen LogP contribution in [0.3, 0.4) is 0 Å². The van der Waals surface area contributed by atoms with Crippen LogP contribution in [0.2, 0.25) is 0 Å². The average molecular weight is 451 g/mol. The quantitative estimate of drug-likeness (QED) is 0.197. The van der Waals surface area contributed by atoms with E-state index in [4.69, 9.17) is 33.9 Å². The van der Waals surface area contributed by atoms with Gasteiger partial charge in [0.1, 0.15) is 30.5 Å². The molecule has 0 amide bonds. The van der Waals surface area contributed by atoms with Crippen molar-refractivity contribution in [1.29, 1.82) is 0 Å². The van der Waals surface area contributed by atoms with E-state index < -0.39 is 34.9 Å². The number of aliphatic hydroxyl groups is 2. The summed E-state index contributed by atoms with van der Waals surface area (Å²) in [6.45, 7) is 3.08. The molecule has 3 heterocycles. The predicted octanol–water partition coefficient (Wildman–Crippen LogP) is -2.49. The fourth-order valence-electron chi connectivity index (χ4n) is 3.04. The van der Waals surface area contributed by atoms with Crippen molar-refractivity contribution >= 4 is 27.4 Å². The highest BCUT2D eigenvalue weighted by Gasteiger charge is 2.45. The van der Waals surface area contributed by atoms with E-state index in [9.17, 15) is 10.2 Å². The van der Waals surface area contributed by atoms with E-state index in [1.807, 2.05) is 11.9 Å². The summed E-state index contributed by atoms with van der Waals surface area (Å²) in [4.78, 5) is 18.9. The Morgan fingerprint density at radius 2 is 1.93 bits per heavy atom. The third-order valence-corrected chi connectivity index (χ3v) is 4.36. The molecule has 15 nitrogen and oxygen atoms in total. The van der Waals surface area contributed by atoms with Crippen LogP contribution in [0.15, 0.2) is 6.33 Å². The van der Waals surface area contributed by atoms with Gasteiger partial charge in [0.05, 0.1) is 6.61 Å². The first-order valence-electron chi connectivity index (χ1n) is 8.60. The summed E-state index contributed by atoms with van der Waals surface area (Å²) in [5, 5.41) is 20.9. The van der Waals surface area contributed by atoms with Gasteiger partial charge in [0, 0.05) is 13.1 Å². The third kappa shape index (κ3) is 6.00. The zero-order chi connectivity index (χ0) is 22.6. The summed E-state index contributed by atoms with van der Waals surface area (Å²) >= 11 is 0. The van der Waals surface area contributed by atoms with Gasteiger partial charge in [0.2, 0.25) is 0 Å². The van der Waals surface area contributed by atoms with Crippen LogP contribution in [-0.2, 0) is 20.0 Å². The third-order valence-electron chi connectivity index (χ3n) is 4.36. The second-order valence-electron chi connectivity index (χ2n) is 6.59. The van der Waals surface area contributed by atoms with Crippen LogP contribution < -0.4 is 11.6 Å². The summed E-state index contributed by atoms with van der Waals surface area (Å²) in [6, 6.07) is 0. The van der Waals surface area contributed by atoms with E-state index in [2.05, 4.69) is 19.8 Å². The number of rotatable bonds is 6. The SMILES string of the molecule is Cc1nc2c(N)ncnc2n1[C@@H]1O[C@H](CN(C)CCON)C(O)C1O.O=S(=O)(O)O. The number of hydrogen-bond acceptors (Lipinski definition) is 12. The molecule has 1 aliphatic rings. The molecule has 1 fully saturated rings. The molecule has 8 N–H and O–H groups in total. The second kappa shape index (κ2) is 9.86. The molecule has 0 spiro atoms. The molecule has 16 heteroatoms. The topological polar surface area (TPSA) is 232 Å². The molecule has 2 aromatic heterocycles. The number of aromatic nitrogens is 4. The van der Waals surface area contributed by atoms with Gasteiger partial charge in [-0.1, -0.05) is 0 Å². The van der Waals surface area contributed by atoms with Crippen LogP contribution >= 0.6 is 0 Å². The maximum atomic E-state index is 10.5. The van der Waals surface area contributed by atoms with Crippen molar-refractivity contribution in [2.45, 2.75) is 31.5 Å². The van der Waals surface area contributed by atoms with Gasteiger partial charge in [-0.25, -0.2) is 20.8 Å². The van der Waals surface area contributed by atoms with Crippen molar-refractivity contribution in [2.75, 3.05) is 32.5 Å². The standard InChI is InChI=1S/C14H23N7O4.H2O4S/c1-7-19-9-12(15)17-6-18-13(9)21(7)14-11(23)10(22)8(25-14)5-20(2)3-4-24-16;1-5(2,3)4/h6,8,10-11,14,22-23H,3-5,16H2,1-2H3,(H2,15,17,18);(H2,1,2,3,4)/t8-,10?,11?,14-;/m1./s1. The maximum Gasteiger partial charge on any atom is 0.394 e. The molecule has 170 valence electrons. The van der Waals surface area contributed by atoms with E-state index in [1.54, 1.807) is 11.5 Å². The van der Waals surface area contributed by atoms with Gasteiger partial charge in [0.25, 0.3) is 0 Å². The predicted molar refractivity (Wildman–Crippen MR) is 102 cm³/mol. The van der Waals surface area contributed by atoms with Crippen molar-refractivity contribution in [2.24, 2.45) is 5.90 Å². The number of nitrogen functional groups attached to an aromatic ring is 1. The molecule has 0 saturated carbocycles. The fourth-order valence-corrected chi connectivity index (χ4v) is 3.04. The van der Waals surface area contributed by atoms with Crippen molar-refractivity contribution < 1.29 is 37.3 Å². The zero-order valence-corrected chi connectivity index (χ0v) is 17.0. The number of aryl methyl sites for hydroxylation is 1. The van der Waals surface area contributed by atoms with Crippen LogP contribution in [-0.4, -0.2) is 97.2 Å². The van der Waals surface area contributed by atoms with Gasteiger partial charge >= 0.3 is 10.4 Å². The van der Waals surface area contributed by atoms with Crippen molar-refractivity contribution in [1.82, 2.24) is 24.4 Å². The number of fused-ring (bicyclic) bond motifs is 1. The Morgan fingerprint density at radius 1 is 1.30 bits per heavy atom. The number of anilines is 1. The van der Waals surface area contributed by atoms with Crippen LogP contribution in [0.5, 0.6) is 0 Å². The van der Waals surface area contributed by atoms with Gasteiger partial charge < -0.3 is 30.4 Å². The van der Waals surface area contributed by atoms with Crippen molar-refractivity contribution in [3.63, 3.8) is 0 Å². The lowest BCUT2D eigenvalue weighted by atomic mass is 10.1. The second-order valence-corrected chi connectivity index (χ2v) is 7.48. The first-order valence-corrected chi connectivity index (χ1v) is 10.0. The Hall–Kier alpha value is -2.02. The van der Waals surface area contributed by atoms with E-state index in [0.29, 0.717) is 36.7 Å². The lowest BCUT2D eigenvalue weighted by molar-refractivity contribution is -0.0445. The highest BCUT2D eigenvalue weighted by molar-refractivity contribution is 7.79. The molecule has 2 aromatic rings. The van der Waals surface area contributed by atoms with Crippen molar-refractivity contribution in [3.8, 4) is 0 Å². The van der Waals surface area contributed by atoms with E-state index in [-0.39, 0.29) is 5.82 Å². The number of ether oxygens (including phenoxy) is 1. The molecular formula is C14H25N7O8S. The van der Waals surface area contributed by atoms with Gasteiger partial charge in [-0.05, 0) is 14.0 Å². The van der Waals surface area contributed by atoms with Gasteiger partial charge in [0.15, 0.2) is 23.2 Å². The van der Waals surface area contributed by atoms with E-state index in [1.165, 1.54) is 6.33 Å². The van der Waals surface area contributed by atoms with E-state index in [0.717, 1.165) is 0 Å². The summed E-state index contributed by atoms with van der Waals surface area (Å²) in [5.41, 5.74) is 6.72. The summed E-state index contributed by atoms with van der Waals surface area (Å²) in [6.07, 6.45) is -2.26. The number of nitrogens with two attached hydrogens (primary N) is 2. The average Bonchev–Trinajstić information content (AvgIpc) is 3.10. The highest BCUT2D eigenvalue weighted by Crippen LogP contribution is 2.33. The Kier molecular flexibility index (Phi) is 7.97. The number of aliphatic hydroxyl groups excluding tert-OH is 2. The van der Waals surface area contributed by atoms with Crippen LogP contribution in [0.25, 0.3) is 11.2 Å². The molecular weight excluding hydrogens is 426 g/mol. The minimum Gasteiger partial charge on any atom is -0.387 e. The molecule has 1 aliphatic heterocycles.